The third-order valence-corrected chi connectivity index (χ3v) is 7.64. The molecule has 2 aromatic heterocycles. The summed E-state index contributed by atoms with van der Waals surface area (Å²) in [7, 11) is -3.92. The summed E-state index contributed by atoms with van der Waals surface area (Å²) in [5, 5.41) is 4.84. The molecule has 0 amide bonds. The van der Waals surface area contributed by atoms with E-state index in [1.807, 2.05) is 67.6 Å². The molecule has 1 aliphatic rings. The van der Waals surface area contributed by atoms with Gasteiger partial charge in [-0.15, -0.1) is 17.7 Å². The molecule has 9 nitrogen and oxygen atoms in total. The Bertz CT molecular complexity index is 1690. The summed E-state index contributed by atoms with van der Waals surface area (Å²) in [6.45, 7) is 1.70. The molecule has 11 heteroatoms. The van der Waals surface area contributed by atoms with Crippen LogP contribution in [-0.2, 0) is 22.4 Å². The molecule has 0 saturated heterocycles. The van der Waals surface area contributed by atoms with E-state index in [1.165, 1.54) is 16.6 Å². The van der Waals surface area contributed by atoms with Crippen LogP contribution in [-0.4, -0.2) is 28.0 Å². The molecule has 0 unspecified atom stereocenters. The first-order chi connectivity index (χ1) is 17.8. The Kier molecular flexibility index (Phi) is 5.63. The molecule has 37 heavy (non-hydrogen) atoms. The number of benzene rings is 3. The molecular formula is C26H21N5O4S2. The fourth-order valence-electron chi connectivity index (χ4n) is 4.19. The van der Waals surface area contributed by atoms with Crippen LogP contribution in [0.3, 0.4) is 0 Å². The quantitative estimate of drug-likeness (QED) is 0.253. The van der Waals surface area contributed by atoms with Crippen molar-refractivity contribution >= 4 is 28.4 Å². The second-order valence-corrected chi connectivity index (χ2v) is 10.7. The Labute approximate surface area is 218 Å². The summed E-state index contributed by atoms with van der Waals surface area (Å²) in [4.78, 5) is 8.62. The van der Waals surface area contributed by atoms with E-state index >= 15 is 0 Å². The second kappa shape index (κ2) is 8.87. The summed E-state index contributed by atoms with van der Waals surface area (Å²) in [6, 6.07) is 25.3. The van der Waals surface area contributed by atoms with Crippen molar-refractivity contribution in [2.45, 2.75) is 29.2 Å². The predicted octanol–water partition coefficient (Wildman–Crippen LogP) is 3.87. The van der Waals surface area contributed by atoms with Gasteiger partial charge >= 0.3 is 5.79 Å². The van der Waals surface area contributed by atoms with Gasteiger partial charge in [0.2, 0.25) is 10.0 Å². The topological polar surface area (TPSA) is 108 Å². The molecule has 3 aromatic carbocycles. The molecular weight excluding hydrogens is 510 g/mol. The lowest BCUT2D eigenvalue weighted by Gasteiger charge is -2.28. The van der Waals surface area contributed by atoms with Gasteiger partial charge in [0.05, 0.1) is 11.4 Å². The van der Waals surface area contributed by atoms with Crippen LogP contribution < -0.4 is 14.2 Å². The zero-order valence-corrected chi connectivity index (χ0v) is 21.3. The molecule has 1 aliphatic heterocycles. The van der Waals surface area contributed by atoms with E-state index in [1.54, 1.807) is 12.1 Å². The highest BCUT2D eigenvalue weighted by Gasteiger charge is 2.45. The van der Waals surface area contributed by atoms with E-state index in [0.29, 0.717) is 22.3 Å². The predicted molar refractivity (Wildman–Crippen MR) is 138 cm³/mol. The lowest BCUT2D eigenvalue weighted by Crippen LogP contribution is -2.36. The Balaban J connectivity index is 1.29. The minimum atomic E-state index is -3.92. The summed E-state index contributed by atoms with van der Waals surface area (Å²) >= 11 is 4.38. The SMILES string of the molecule is Cc1cc(S)n2nc(CNS(=O)(=O)c3ccc4c(c3)OC(c3ccccc3)(c3ccccc3)O4)nc2n1. The molecule has 0 aliphatic carbocycles. The van der Waals surface area contributed by atoms with Crippen molar-refractivity contribution < 1.29 is 17.9 Å². The monoisotopic (exact) mass is 531 g/mol. The number of sulfonamides is 1. The van der Waals surface area contributed by atoms with Crippen LogP contribution in [0.15, 0.2) is 94.9 Å². The van der Waals surface area contributed by atoms with Gasteiger partial charge in [0, 0.05) is 22.9 Å². The number of nitrogens with one attached hydrogen (secondary N) is 1. The lowest BCUT2D eigenvalue weighted by molar-refractivity contribution is -0.0459. The van der Waals surface area contributed by atoms with Crippen LogP contribution in [0.2, 0.25) is 0 Å². The van der Waals surface area contributed by atoms with E-state index < -0.39 is 15.8 Å². The number of aryl methyl sites for hydroxylation is 1. The number of fused-ring (bicyclic) bond motifs is 2. The molecule has 0 spiro atoms. The van der Waals surface area contributed by atoms with Crippen LogP contribution in [0.1, 0.15) is 22.6 Å². The average molecular weight is 532 g/mol. The Hall–Kier alpha value is -3.93. The number of rotatable bonds is 6. The van der Waals surface area contributed by atoms with E-state index in [4.69, 9.17) is 9.47 Å². The molecule has 186 valence electrons. The van der Waals surface area contributed by atoms with E-state index in [2.05, 4.69) is 32.4 Å². The van der Waals surface area contributed by atoms with Gasteiger partial charge in [-0.3, -0.25) is 0 Å². The Morgan fingerprint density at radius 1 is 0.892 bits per heavy atom. The van der Waals surface area contributed by atoms with E-state index in [-0.39, 0.29) is 17.3 Å². The third-order valence-electron chi connectivity index (χ3n) is 5.93. The highest BCUT2D eigenvalue weighted by Crippen LogP contribution is 2.48. The fraction of sp³-hybridized carbons (Fsp3) is 0.115. The third kappa shape index (κ3) is 4.20. The molecule has 1 N–H and O–H groups in total. The summed E-state index contributed by atoms with van der Waals surface area (Å²) in [5.41, 5.74) is 2.30. The fourth-order valence-corrected chi connectivity index (χ4v) is 5.51. The molecule has 0 radical (unpaired) electrons. The van der Waals surface area contributed by atoms with Crippen LogP contribution in [0.25, 0.3) is 5.78 Å². The molecule has 0 fully saturated rings. The first-order valence-electron chi connectivity index (χ1n) is 11.4. The number of hydrogen-bond acceptors (Lipinski definition) is 8. The van der Waals surface area contributed by atoms with Crippen LogP contribution in [0, 0.1) is 6.92 Å². The van der Waals surface area contributed by atoms with Crippen molar-refractivity contribution in [3.8, 4) is 11.5 Å². The molecule has 0 atom stereocenters. The summed E-state index contributed by atoms with van der Waals surface area (Å²) in [5.74, 6) is 0.138. The van der Waals surface area contributed by atoms with Gasteiger partial charge in [0.1, 0.15) is 5.03 Å². The summed E-state index contributed by atoms with van der Waals surface area (Å²) in [6.07, 6.45) is 0. The van der Waals surface area contributed by atoms with Gasteiger partial charge < -0.3 is 9.47 Å². The standard InChI is InChI=1S/C26H21N5O4S2/c1-17-14-24(36)31-25(28-17)29-23(30-31)16-27-37(32,33)20-12-13-21-22(15-20)35-26(34-21,18-8-4-2-5-9-18)19-10-6-3-7-11-19/h2-15,27,36H,16H2,1H3. The zero-order valence-electron chi connectivity index (χ0n) is 19.6. The van der Waals surface area contributed by atoms with Gasteiger partial charge in [-0.05, 0) is 25.1 Å². The van der Waals surface area contributed by atoms with Gasteiger partial charge in [-0.2, -0.15) is 9.50 Å². The molecule has 0 bridgehead atoms. The molecule has 3 heterocycles. The van der Waals surface area contributed by atoms with Crippen LogP contribution >= 0.6 is 12.6 Å². The maximum Gasteiger partial charge on any atom is 0.305 e. The lowest BCUT2D eigenvalue weighted by atomic mass is 9.97. The van der Waals surface area contributed by atoms with Crippen molar-refractivity contribution in [2.75, 3.05) is 0 Å². The maximum absolute atomic E-state index is 13.1. The molecule has 5 aromatic rings. The number of hydrogen-bond donors (Lipinski definition) is 2. The first kappa shape index (κ1) is 23.5. The van der Waals surface area contributed by atoms with Gasteiger partial charge in [0.25, 0.3) is 5.78 Å². The summed E-state index contributed by atoms with van der Waals surface area (Å²) < 4.78 is 43.0. The minimum Gasteiger partial charge on any atom is -0.440 e. The second-order valence-electron chi connectivity index (χ2n) is 8.48. The Morgan fingerprint density at radius 3 is 2.22 bits per heavy atom. The number of nitrogens with zero attached hydrogens (tertiary/aromatic N) is 4. The molecule has 6 rings (SSSR count). The maximum atomic E-state index is 13.1. The van der Waals surface area contributed by atoms with Crippen molar-refractivity contribution in [1.29, 1.82) is 0 Å². The van der Waals surface area contributed by atoms with Gasteiger partial charge in [-0.25, -0.2) is 18.1 Å². The first-order valence-corrected chi connectivity index (χ1v) is 13.3. The van der Waals surface area contributed by atoms with Crippen molar-refractivity contribution in [3.05, 3.63) is 108 Å². The van der Waals surface area contributed by atoms with Gasteiger partial charge in [0.15, 0.2) is 17.3 Å². The minimum absolute atomic E-state index is 0.0272. The van der Waals surface area contributed by atoms with Crippen molar-refractivity contribution in [3.63, 3.8) is 0 Å². The number of aromatic nitrogens is 4. The number of ether oxygens (including phenoxy) is 2. The van der Waals surface area contributed by atoms with Crippen molar-refractivity contribution in [1.82, 2.24) is 24.3 Å². The highest BCUT2D eigenvalue weighted by atomic mass is 32.2. The van der Waals surface area contributed by atoms with Crippen LogP contribution in [0.5, 0.6) is 11.5 Å². The van der Waals surface area contributed by atoms with E-state index in [9.17, 15) is 8.42 Å². The van der Waals surface area contributed by atoms with Gasteiger partial charge in [-0.1, -0.05) is 60.7 Å². The highest BCUT2D eigenvalue weighted by molar-refractivity contribution is 7.89. The van der Waals surface area contributed by atoms with E-state index in [0.717, 1.165) is 16.8 Å². The molecule has 0 saturated carbocycles. The smallest absolute Gasteiger partial charge is 0.305 e. The largest absolute Gasteiger partial charge is 0.440 e. The normalized spacial score (nSPS) is 14.2. The zero-order chi connectivity index (χ0) is 25.6. The average Bonchev–Trinajstić information content (AvgIpc) is 3.50. The van der Waals surface area contributed by atoms with Crippen molar-refractivity contribution in [2.24, 2.45) is 0 Å². The Morgan fingerprint density at radius 2 is 1.54 bits per heavy atom. The number of thiol groups is 1. The van der Waals surface area contributed by atoms with Crippen LogP contribution in [0.4, 0.5) is 0 Å².